The van der Waals surface area contributed by atoms with E-state index in [4.69, 9.17) is 21.1 Å². The van der Waals surface area contributed by atoms with E-state index < -0.39 is 0 Å². The van der Waals surface area contributed by atoms with Crippen molar-refractivity contribution < 1.29 is 14.3 Å². The zero-order chi connectivity index (χ0) is 13.9. The summed E-state index contributed by atoms with van der Waals surface area (Å²) in [5.41, 5.74) is 1.08. The molecule has 0 aliphatic heterocycles. The summed E-state index contributed by atoms with van der Waals surface area (Å²) in [6.07, 6.45) is 3.30. The van der Waals surface area contributed by atoms with Crippen LogP contribution in [0.25, 0.3) is 0 Å². The smallest absolute Gasteiger partial charge is 0.305 e. The van der Waals surface area contributed by atoms with Crippen LogP contribution in [0.5, 0.6) is 0 Å². The van der Waals surface area contributed by atoms with Crippen LogP contribution >= 0.6 is 11.6 Å². The third-order valence-corrected chi connectivity index (χ3v) is 2.87. The van der Waals surface area contributed by atoms with Gasteiger partial charge in [-0.15, -0.1) is 0 Å². The minimum atomic E-state index is -0.109. The van der Waals surface area contributed by atoms with Gasteiger partial charge in [0.25, 0.3) is 0 Å². The second kappa shape index (κ2) is 9.82. The molecule has 0 saturated heterocycles. The third kappa shape index (κ3) is 7.85. The van der Waals surface area contributed by atoms with Crippen molar-refractivity contribution in [2.45, 2.75) is 39.2 Å². The van der Waals surface area contributed by atoms with Crippen molar-refractivity contribution in [1.29, 1.82) is 0 Å². The number of unbranched alkanes of at least 4 members (excludes halogenated alkanes) is 2. The molecule has 0 saturated carbocycles. The van der Waals surface area contributed by atoms with Gasteiger partial charge < -0.3 is 9.47 Å². The highest BCUT2D eigenvalue weighted by atomic mass is 35.5. The minimum absolute atomic E-state index is 0.109. The van der Waals surface area contributed by atoms with Crippen molar-refractivity contribution >= 4 is 17.6 Å². The number of halogens is 1. The third-order valence-electron chi connectivity index (χ3n) is 2.63. The van der Waals surface area contributed by atoms with Gasteiger partial charge in [0.15, 0.2) is 0 Å². The van der Waals surface area contributed by atoms with E-state index in [1.807, 2.05) is 31.2 Å². The highest BCUT2D eigenvalue weighted by molar-refractivity contribution is 6.30. The van der Waals surface area contributed by atoms with Crippen LogP contribution in [0.4, 0.5) is 0 Å². The Morgan fingerprint density at radius 2 is 2.11 bits per heavy atom. The summed E-state index contributed by atoms with van der Waals surface area (Å²) >= 11 is 5.88. The molecule has 0 aliphatic carbocycles. The van der Waals surface area contributed by atoms with Crippen LogP contribution in [0, 0.1) is 0 Å². The van der Waals surface area contributed by atoms with E-state index >= 15 is 0 Å². The van der Waals surface area contributed by atoms with Gasteiger partial charge >= 0.3 is 5.97 Å². The summed E-state index contributed by atoms with van der Waals surface area (Å²) in [5.74, 6) is -0.109. The van der Waals surface area contributed by atoms with Crippen LogP contribution in [-0.4, -0.2) is 19.2 Å². The van der Waals surface area contributed by atoms with Gasteiger partial charge in [0.05, 0.1) is 13.2 Å². The molecule has 0 heterocycles. The average Bonchev–Trinajstić information content (AvgIpc) is 2.38. The molecule has 19 heavy (non-hydrogen) atoms. The molecule has 3 nitrogen and oxygen atoms in total. The van der Waals surface area contributed by atoms with Gasteiger partial charge in [0.1, 0.15) is 0 Å². The van der Waals surface area contributed by atoms with E-state index in [0.29, 0.717) is 26.2 Å². The second-order valence-corrected chi connectivity index (χ2v) is 4.73. The molecule has 1 aromatic rings. The lowest BCUT2D eigenvalue weighted by Gasteiger charge is -2.05. The lowest BCUT2D eigenvalue weighted by Crippen LogP contribution is -2.03. The standard InChI is InChI=1S/C15H21ClO3/c1-2-19-15(17)9-4-3-5-10-18-12-13-7-6-8-14(16)11-13/h6-8,11H,2-5,9-10,12H2,1H3. The molecule has 0 spiro atoms. The fourth-order valence-corrected chi connectivity index (χ4v) is 1.91. The Morgan fingerprint density at radius 3 is 2.84 bits per heavy atom. The van der Waals surface area contributed by atoms with Crippen LogP contribution in [0.15, 0.2) is 24.3 Å². The molecule has 0 aromatic heterocycles. The lowest BCUT2D eigenvalue weighted by molar-refractivity contribution is -0.143. The molecule has 4 heteroatoms. The molecule has 0 aliphatic rings. The Morgan fingerprint density at radius 1 is 1.26 bits per heavy atom. The summed E-state index contributed by atoms with van der Waals surface area (Å²) in [7, 11) is 0. The topological polar surface area (TPSA) is 35.5 Å². The van der Waals surface area contributed by atoms with Crippen LogP contribution in [0.1, 0.15) is 38.2 Å². The maximum atomic E-state index is 11.1. The molecule has 0 amide bonds. The van der Waals surface area contributed by atoms with Crippen LogP contribution < -0.4 is 0 Å². The Bertz CT molecular complexity index is 379. The molecular weight excluding hydrogens is 264 g/mol. The number of rotatable bonds is 9. The number of ether oxygens (including phenoxy) is 2. The summed E-state index contributed by atoms with van der Waals surface area (Å²) in [6, 6.07) is 7.66. The summed E-state index contributed by atoms with van der Waals surface area (Å²) < 4.78 is 10.4. The van der Waals surface area contributed by atoms with E-state index in [1.165, 1.54) is 0 Å². The van der Waals surface area contributed by atoms with Crippen molar-refractivity contribution in [1.82, 2.24) is 0 Å². The first-order valence-corrected chi connectivity index (χ1v) is 7.08. The van der Waals surface area contributed by atoms with Crippen molar-refractivity contribution in [3.8, 4) is 0 Å². The number of carbonyl (C=O) groups excluding carboxylic acids is 1. The predicted octanol–water partition coefficient (Wildman–Crippen LogP) is 3.98. The number of esters is 1. The molecule has 0 unspecified atom stereocenters. The quantitative estimate of drug-likeness (QED) is 0.508. The number of carbonyl (C=O) groups is 1. The molecule has 1 aromatic carbocycles. The predicted molar refractivity (Wildman–Crippen MR) is 76.2 cm³/mol. The second-order valence-electron chi connectivity index (χ2n) is 4.30. The average molecular weight is 285 g/mol. The van der Waals surface area contributed by atoms with E-state index in [0.717, 1.165) is 29.8 Å². The van der Waals surface area contributed by atoms with Crippen LogP contribution in [-0.2, 0) is 20.9 Å². The van der Waals surface area contributed by atoms with E-state index in [2.05, 4.69) is 0 Å². The van der Waals surface area contributed by atoms with Crippen molar-refractivity contribution in [2.24, 2.45) is 0 Å². The monoisotopic (exact) mass is 284 g/mol. The summed E-state index contributed by atoms with van der Waals surface area (Å²) in [4.78, 5) is 11.1. The zero-order valence-electron chi connectivity index (χ0n) is 11.4. The summed E-state index contributed by atoms with van der Waals surface area (Å²) in [5, 5.41) is 0.732. The molecule has 0 bridgehead atoms. The Balaban J connectivity index is 1.98. The normalized spacial score (nSPS) is 10.4. The Kier molecular flexibility index (Phi) is 8.26. The number of hydrogen-bond acceptors (Lipinski definition) is 3. The molecule has 106 valence electrons. The van der Waals surface area contributed by atoms with Crippen molar-refractivity contribution in [3.05, 3.63) is 34.9 Å². The van der Waals surface area contributed by atoms with Crippen molar-refractivity contribution in [2.75, 3.05) is 13.2 Å². The van der Waals surface area contributed by atoms with Gasteiger partial charge in [-0.25, -0.2) is 0 Å². The molecule has 0 fully saturated rings. The van der Waals surface area contributed by atoms with Gasteiger partial charge in [0.2, 0.25) is 0 Å². The number of hydrogen-bond donors (Lipinski definition) is 0. The zero-order valence-corrected chi connectivity index (χ0v) is 12.1. The number of benzene rings is 1. The molecule has 0 atom stereocenters. The van der Waals surface area contributed by atoms with Gasteiger partial charge in [-0.05, 0) is 37.5 Å². The fourth-order valence-electron chi connectivity index (χ4n) is 1.70. The first-order chi connectivity index (χ1) is 9.22. The SMILES string of the molecule is CCOC(=O)CCCCCOCc1cccc(Cl)c1. The van der Waals surface area contributed by atoms with E-state index in [1.54, 1.807) is 0 Å². The Hall–Kier alpha value is -1.06. The first-order valence-electron chi connectivity index (χ1n) is 6.70. The lowest BCUT2D eigenvalue weighted by atomic mass is 10.2. The van der Waals surface area contributed by atoms with Gasteiger partial charge in [-0.2, -0.15) is 0 Å². The largest absolute Gasteiger partial charge is 0.466 e. The van der Waals surface area contributed by atoms with Crippen LogP contribution in [0.2, 0.25) is 5.02 Å². The molecule has 0 N–H and O–H groups in total. The van der Waals surface area contributed by atoms with Crippen LogP contribution in [0.3, 0.4) is 0 Å². The highest BCUT2D eigenvalue weighted by Gasteiger charge is 2.00. The molecule has 1 rings (SSSR count). The van der Waals surface area contributed by atoms with Crippen molar-refractivity contribution in [3.63, 3.8) is 0 Å². The van der Waals surface area contributed by atoms with Gasteiger partial charge in [-0.3, -0.25) is 4.79 Å². The van der Waals surface area contributed by atoms with Gasteiger partial charge in [-0.1, -0.05) is 30.2 Å². The maximum Gasteiger partial charge on any atom is 0.305 e. The van der Waals surface area contributed by atoms with E-state index in [-0.39, 0.29) is 5.97 Å². The minimum Gasteiger partial charge on any atom is -0.466 e. The highest BCUT2D eigenvalue weighted by Crippen LogP contribution is 2.11. The molecular formula is C15H21ClO3. The molecule has 0 radical (unpaired) electrons. The first kappa shape index (κ1) is 16.0. The Labute approximate surface area is 119 Å². The van der Waals surface area contributed by atoms with E-state index in [9.17, 15) is 4.79 Å². The maximum absolute atomic E-state index is 11.1. The fraction of sp³-hybridized carbons (Fsp3) is 0.533. The van der Waals surface area contributed by atoms with Gasteiger partial charge in [0, 0.05) is 18.1 Å². The summed E-state index contributed by atoms with van der Waals surface area (Å²) in [6.45, 7) is 3.57.